The highest BCUT2D eigenvalue weighted by Crippen LogP contribution is 2.27. The number of thioether (sulfide) groups is 1. The fourth-order valence-corrected chi connectivity index (χ4v) is 5.80. The third-order valence-electron chi connectivity index (χ3n) is 6.11. The summed E-state index contributed by atoms with van der Waals surface area (Å²) in [6.45, 7) is 0. The summed E-state index contributed by atoms with van der Waals surface area (Å²) in [5.41, 5.74) is 3.32. The van der Waals surface area contributed by atoms with Crippen molar-refractivity contribution in [1.29, 1.82) is 0 Å². The summed E-state index contributed by atoms with van der Waals surface area (Å²) >= 11 is 12.5. The number of thiazole rings is 1. The van der Waals surface area contributed by atoms with E-state index in [1.54, 1.807) is 66.7 Å². The Morgan fingerprint density at radius 2 is 1.57 bits per heavy atom. The van der Waals surface area contributed by atoms with E-state index in [2.05, 4.69) is 36.9 Å². The van der Waals surface area contributed by atoms with Crippen LogP contribution in [-0.2, 0) is 9.59 Å². The van der Waals surface area contributed by atoms with Gasteiger partial charge in [-0.3, -0.25) is 14.4 Å². The standard InChI is InChI=1S/C33H24BrClN4O3S2/c34-24-12-10-21(11-13-24)29-19-44-33(38-29)39-30(40)20-43-26-16-14-25(15-17-26)36-32(42)28(18-23-8-4-5-9-27(23)35)37-31(41)22-6-2-1-3-7-22/h1-19H,20H2,(H,36,42)(H,37,41)(H,38,39,40)/b28-18-. The molecule has 0 saturated carbocycles. The number of benzene rings is 4. The number of halogens is 2. The Labute approximate surface area is 275 Å². The van der Waals surface area contributed by atoms with Crippen molar-refractivity contribution in [3.8, 4) is 11.3 Å². The highest BCUT2D eigenvalue weighted by atomic mass is 79.9. The molecular weight excluding hydrogens is 680 g/mol. The van der Waals surface area contributed by atoms with Crippen LogP contribution in [0.25, 0.3) is 17.3 Å². The first-order chi connectivity index (χ1) is 21.3. The van der Waals surface area contributed by atoms with Gasteiger partial charge in [-0.25, -0.2) is 4.98 Å². The zero-order valence-corrected chi connectivity index (χ0v) is 26.9. The zero-order valence-electron chi connectivity index (χ0n) is 22.9. The van der Waals surface area contributed by atoms with Crippen molar-refractivity contribution in [3.05, 3.63) is 135 Å². The Morgan fingerprint density at radius 1 is 0.864 bits per heavy atom. The van der Waals surface area contributed by atoms with E-state index in [0.29, 0.717) is 27.0 Å². The SMILES string of the molecule is O=C(CSc1ccc(NC(=O)/C(=C/c2ccccc2Cl)NC(=O)c2ccccc2)cc1)Nc1nc(-c2ccc(Br)cc2)cs1. The predicted octanol–water partition coefficient (Wildman–Crippen LogP) is 8.37. The van der Waals surface area contributed by atoms with Crippen LogP contribution in [0.3, 0.4) is 0 Å². The van der Waals surface area contributed by atoms with E-state index in [9.17, 15) is 14.4 Å². The minimum absolute atomic E-state index is 0.0348. The molecule has 0 fully saturated rings. The Bertz CT molecular complexity index is 1810. The fraction of sp³-hybridized carbons (Fsp3) is 0.0303. The first kappa shape index (κ1) is 31.2. The number of carbonyl (C=O) groups is 3. The molecule has 1 heterocycles. The molecule has 5 rings (SSSR count). The summed E-state index contributed by atoms with van der Waals surface area (Å²) in [6.07, 6.45) is 1.53. The number of carbonyl (C=O) groups excluding carboxylic acids is 3. The summed E-state index contributed by atoms with van der Waals surface area (Å²) in [5, 5.41) is 11.2. The molecule has 0 aliphatic heterocycles. The summed E-state index contributed by atoms with van der Waals surface area (Å²) in [5.74, 6) is -0.923. The third-order valence-corrected chi connectivity index (χ3v) is 8.75. The quantitative estimate of drug-likeness (QED) is 0.100. The lowest BCUT2D eigenvalue weighted by Gasteiger charge is -2.12. The second-order valence-electron chi connectivity index (χ2n) is 9.26. The molecule has 0 bridgehead atoms. The number of aromatic nitrogens is 1. The number of nitrogens with one attached hydrogen (secondary N) is 3. The minimum atomic E-state index is -0.514. The highest BCUT2D eigenvalue weighted by Gasteiger charge is 2.16. The zero-order chi connectivity index (χ0) is 30.9. The van der Waals surface area contributed by atoms with Gasteiger partial charge >= 0.3 is 0 Å². The van der Waals surface area contributed by atoms with Gasteiger partial charge in [0, 0.05) is 36.6 Å². The second kappa shape index (κ2) is 15.0. The van der Waals surface area contributed by atoms with Crippen LogP contribution in [0.2, 0.25) is 5.02 Å². The fourth-order valence-electron chi connectivity index (χ4n) is 3.91. The lowest BCUT2D eigenvalue weighted by atomic mass is 10.1. The van der Waals surface area contributed by atoms with Crippen molar-refractivity contribution >= 4 is 85.2 Å². The summed E-state index contributed by atoms with van der Waals surface area (Å²) in [4.78, 5) is 44.0. The van der Waals surface area contributed by atoms with E-state index in [1.165, 1.54) is 29.2 Å². The monoisotopic (exact) mass is 702 g/mol. The van der Waals surface area contributed by atoms with Crippen LogP contribution in [-0.4, -0.2) is 28.5 Å². The number of nitrogens with zero attached hydrogens (tertiary/aromatic N) is 1. The van der Waals surface area contributed by atoms with E-state index in [0.717, 1.165) is 20.6 Å². The van der Waals surface area contributed by atoms with Gasteiger partial charge in [-0.2, -0.15) is 0 Å². The average Bonchev–Trinajstić information content (AvgIpc) is 3.50. The molecule has 11 heteroatoms. The van der Waals surface area contributed by atoms with Crippen LogP contribution >= 0.6 is 50.6 Å². The molecule has 1 aromatic heterocycles. The van der Waals surface area contributed by atoms with Crippen LogP contribution in [0.15, 0.2) is 124 Å². The first-order valence-electron chi connectivity index (χ1n) is 13.2. The maximum Gasteiger partial charge on any atom is 0.272 e. The molecule has 3 N–H and O–H groups in total. The number of hydrogen-bond donors (Lipinski definition) is 3. The van der Waals surface area contributed by atoms with E-state index >= 15 is 0 Å². The van der Waals surface area contributed by atoms with Gasteiger partial charge in [-0.15, -0.1) is 23.1 Å². The van der Waals surface area contributed by atoms with E-state index in [4.69, 9.17) is 11.6 Å². The molecule has 0 aliphatic rings. The highest BCUT2D eigenvalue weighted by molar-refractivity contribution is 9.10. The first-order valence-corrected chi connectivity index (χ1v) is 16.3. The van der Waals surface area contributed by atoms with Gasteiger partial charge in [0.25, 0.3) is 11.8 Å². The molecular formula is C33H24BrClN4O3S2. The minimum Gasteiger partial charge on any atom is -0.321 e. The topological polar surface area (TPSA) is 100 Å². The van der Waals surface area contributed by atoms with Gasteiger partial charge in [0.15, 0.2) is 5.13 Å². The molecule has 0 aliphatic carbocycles. The van der Waals surface area contributed by atoms with Crippen molar-refractivity contribution in [2.24, 2.45) is 0 Å². The molecule has 0 saturated heterocycles. The molecule has 0 spiro atoms. The van der Waals surface area contributed by atoms with Gasteiger partial charge in [0.1, 0.15) is 5.70 Å². The lowest BCUT2D eigenvalue weighted by molar-refractivity contribution is -0.114. The number of anilines is 2. The smallest absolute Gasteiger partial charge is 0.272 e. The second-order valence-corrected chi connectivity index (χ2v) is 12.5. The molecule has 0 atom stereocenters. The van der Waals surface area contributed by atoms with Crippen LogP contribution in [0, 0.1) is 0 Å². The number of amides is 3. The van der Waals surface area contributed by atoms with Crippen molar-refractivity contribution in [2.75, 3.05) is 16.4 Å². The van der Waals surface area contributed by atoms with Crippen molar-refractivity contribution in [3.63, 3.8) is 0 Å². The normalized spacial score (nSPS) is 11.1. The maximum atomic E-state index is 13.3. The van der Waals surface area contributed by atoms with Gasteiger partial charge in [-0.1, -0.05) is 76.1 Å². The van der Waals surface area contributed by atoms with Crippen LogP contribution < -0.4 is 16.0 Å². The molecule has 220 valence electrons. The van der Waals surface area contributed by atoms with E-state index in [1.807, 2.05) is 41.8 Å². The van der Waals surface area contributed by atoms with Crippen molar-refractivity contribution in [2.45, 2.75) is 4.90 Å². The Morgan fingerprint density at radius 3 is 2.30 bits per heavy atom. The van der Waals surface area contributed by atoms with Gasteiger partial charge < -0.3 is 16.0 Å². The van der Waals surface area contributed by atoms with E-state index in [-0.39, 0.29) is 17.4 Å². The lowest BCUT2D eigenvalue weighted by Crippen LogP contribution is -2.30. The summed E-state index contributed by atoms with van der Waals surface area (Å²) in [7, 11) is 0. The Kier molecular flexibility index (Phi) is 10.6. The van der Waals surface area contributed by atoms with Crippen molar-refractivity contribution < 1.29 is 14.4 Å². The molecule has 7 nitrogen and oxygen atoms in total. The molecule has 44 heavy (non-hydrogen) atoms. The number of hydrogen-bond acceptors (Lipinski definition) is 6. The molecule has 0 unspecified atom stereocenters. The van der Waals surface area contributed by atoms with Crippen LogP contribution in [0.1, 0.15) is 15.9 Å². The molecule has 5 aromatic rings. The summed E-state index contributed by atoms with van der Waals surface area (Å²) in [6, 6.07) is 30.5. The molecule has 3 amide bonds. The summed E-state index contributed by atoms with van der Waals surface area (Å²) < 4.78 is 0.986. The molecule has 0 radical (unpaired) electrons. The Balaban J connectivity index is 1.19. The van der Waals surface area contributed by atoms with Crippen LogP contribution in [0.5, 0.6) is 0 Å². The van der Waals surface area contributed by atoms with Gasteiger partial charge in [-0.05, 0) is 66.2 Å². The molecule has 4 aromatic carbocycles. The Hall–Kier alpha value is -4.22. The van der Waals surface area contributed by atoms with Crippen molar-refractivity contribution in [1.82, 2.24) is 10.3 Å². The number of rotatable bonds is 10. The van der Waals surface area contributed by atoms with E-state index < -0.39 is 11.8 Å². The maximum absolute atomic E-state index is 13.3. The predicted molar refractivity (Wildman–Crippen MR) is 183 cm³/mol. The van der Waals surface area contributed by atoms with Gasteiger partial charge in [0.2, 0.25) is 5.91 Å². The average molecular weight is 704 g/mol. The van der Waals surface area contributed by atoms with Gasteiger partial charge in [0.05, 0.1) is 11.4 Å². The third kappa shape index (κ3) is 8.67. The largest absolute Gasteiger partial charge is 0.321 e. The van der Waals surface area contributed by atoms with Crippen LogP contribution in [0.4, 0.5) is 10.8 Å².